The second-order valence-corrected chi connectivity index (χ2v) is 28.0. The molecule has 0 saturated heterocycles. The second-order valence-electron chi connectivity index (χ2n) is 28.0. The van der Waals surface area contributed by atoms with Crippen LogP contribution in [-0.2, 0) is 67.1 Å². The van der Waals surface area contributed by atoms with Crippen LogP contribution in [0.1, 0.15) is 95.9 Å². The van der Waals surface area contributed by atoms with E-state index in [1.54, 1.807) is 171 Å². The molecule has 20 aromatic rings. The normalized spacial score (nSPS) is 10.6. The zero-order valence-electron chi connectivity index (χ0n) is 67.2. The smallest absolute Gasteiger partial charge is 0.871 e. The molecule has 4 radical (unpaired) electrons. The van der Waals surface area contributed by atoms with Gasteiger partial charge < -0.3 is 51.1 Å². The number of hydrogen-bond donors (Lipinski definition) is 0. The summed E-state index contributed by atoms with van der Waals surface area (Å²) in [6.45, 7) is 7.49. The number of pyridine rings is 10. The molecule has 608 valence electrons. The Labute approximate surface area is 798 Å². The SMILES string of the molecule is CC(c1ccc2cccnc2c1[O-])c1ccc2cccnc2c1[O-].CC(c1ccc2cccnc2c1[O-])c1ccc2cccnc2c1[O-].CC(c1ccc2cccnc2c1[O-])c1ccc2cccnc2c1[O-].CC(c1ccc2cccnc2c1[O-])c1ccc2cccnc2c1[O-].[Co+2].[Co+2].[Co+2].[Co+2].[Na+].[Na+].[O-]c1cccc2cccnc12.[O-]c1cccc2cccnc12. The Bertz CT molecular complexity index is 6040. The van der Waals surface area contributed by atoms with Crippen molar-refractivity contribution in [2.24, 2.45) is 0 Å². The van der Waals surface area contributed by atoms with Crippen LogP contribution in [-0.4, -0.2) is 49.8 Å². The summed E-state index contributed by atoms with van der Waals surface area (Å²) in [5, 5.41) is 132. The number of benzene rings is 10. The number of hydrogen-bond acceptors (Lipinski definition) is 20. The Morgan fingerprint density at radius 1 is 0.161 bits per heavy atom. The van der Waals surface area contributed by atoms with E-state index < -0.39 is 0 Å². The Morgan fingerprint density at radius 2 is 0.282 bits per heavy atom. The summed E-state index contributed by atoms with van der Waals surface area (Å²) in [6.07, 6.45) is 16.1. The Balaban J connectivity index is 0.000000171. The van der Waals surface area contributed by atoms with E-state index in [9.17, 15) is 51.1 Å². The van der Waals surface area contributed by atoms with Gasteiger partial charge in [0.05, 0.1) is 55.2 Å². The van der Waals surface area contributed by atoms with Crippen molar-refractivity contribution in [2.75, 3.05) is 0 Å². The molecule has 0 saturated carbocycles. The second kappa shape index (κ2) is 43.6. The molecule has 10 aromatic carbocycles. The zero-order valence-corrected chi connectivity index (χ0v) is 75.4. The molecule has 20 nitrogen and oxygen atoms in total. The van der Waals surface area contributed by atoms with Crippen molar-refractivity contribution in [3.8, 4) is 57.5 Å². The summed E-state index contributed by atoms with van der Waals surface area (Å²) in [4.78, 5) is 41.4. The van der Waals surface area contributed by atoms with Crippen LogP contribution in [0, 0.1) is 0 Å². The van der Waals surface area contributed by atoms with Crippen LogP contribution in [0.4, 0.5) is 0 Å². The number of fused-ring (bicyclic) bond motifs is 10. The number of aromatic nitrogens is 10. The van der Waals surface area contributed by atoms with E-state index in [1.165, 1.54) is 12.1 Å². The van der Waals surface area contributed by atoms with Gasteiger partial charge in [-0.1, -0.05) is 279 Å². The zero-order chi connectivity index (χ0) is 82.1. The molecule has 10 heterocycles. The molecule has 0 spiro atoms. The number of rotatable bonds is 8. The van der Waals surface area contributed by atoms with Crippen molar-refractivity contribution < 1.29 is 177 Å². The van der Waals surface area contributed by atoms with Crippen molar-refractivity contribution in [1.29, 1.82) is 0 Å². The largest absolute Gasteiger partial charge is 2.00 e. The molecule has 124 heavy (non-hydrogen) atoms. The van der Waals surface area contributed by atoms with Gasteiger partial charge >= 0.3 is 126 Å². The predicted molar refractivity (Wildman–Crippen MR) is 442 cm³/mol. The fourth-order valence-corrected chi connectivity index (χ4v) is 14.6. The first kappa shape index (κ1) is 96.2. The molecule has 26 heteroatoms. The molecule has 0 unspecified atom stereocenters. The minimum Gasteiger partial charge on any atom is -0.871 e. The van der Waals surface area contributed by atoms with Gasteiger partial charge in [0.1, 0.15) is 0 Å². The van der Waals surface area contributed by atoms with E-state index >= 15 is 0 Å². The first-order chi connectivity index (χ1) is 57.4. The Morgan fingerprint density at radius 3 is 0.419 bits per heavy atom. The van der Waals surface area contributed by atoms with Gasteiger partial charge in [-0.15, -0.1) is 0 Å². The van der Waals surface area contributed by atoms with E-state index in [4.69, 9.17) is 0 Å². The Kier molecular flexibility index (Phi) is 33.8. The maximum Gasteiger partial charge on any atom is 2.00 e. The standard InChI is InChI=1S/4C20H16N2O2.2C9H7NO.4Co.2Na/c4*1-12(15-8-6-13-4-2-10-21-17(13)19(15)23)16-9-7-14-5-3-11-22-18(14)20(16)24;2*11-8-5-1-3-7-4-2-6-10-9(7)8;;;;;;/h4*2-12,23-24H,1H3;2*1-6,11H;;;;;;/q;;;;;;4*+2;2*+1/p-10. The molecule has 0 amide bonds. The monoisotopic (exact) mass is 1830 g/mol. The third kappa shape index (κ3) is 20.4. The molecule has 0 atom stereocenters. The molecule has 0 N–H and O–H groups in total. The van der Waals surface area contributed by atoms with Crippen molar-refractivity contribution in [3.05, 3.63) is 361 Å². The summed E-state index contributed by atoms with van der Waals surface area (Å²) in [5.74, 6) is -2.28. The third-order valence-corrected chi connectivity index (χ3v) is 21.0. The quantitative estimate of drug-likeness (QED) is 0.128. The van der Waals surface area contributed by atoms with Gasteiger partial charge in [0, 0.05) is 85.6 Å². The molecule has 20 rings (SSSR count). The first-order valence-corrected chi connectivity index (χ1v) is 37.8. The average Bonchev–Trinajstić information content (AvgIpc) is 0.784. The minimum atomic E-state index is -0.317. The summed E-state index contributed by atoms with van der Waals surface area (Å²) in [7, 11) is 0. The predicted octanol–water partition coefficient (Wildman–Crippen LogP) is 8.94. The summed E-state index contributed by atoms with van der Waals surface area (Å²) < 4.78 is 0. The van der Waals surface area contributed by atoms with E-state index in [1.807, 2.05) is 161 Å². The van der Waals surface area contributed by atoms with E-state index in [2.05, 4.69) is 49.8 Å². The van der Waals surface area contributed by atoms with E-state index in [0.717, 1.165) is 53.9 Å². The van der Waals surface area contributed by atoms with Crippen LogP contribution in [0.2, 0.25) is 0 Å². The summed E-state index contributed by atoms with van der Waals surface area (Å²) in [6, 6.07) is 76.3. The number of para-hydroxylation sites is 2. The van der Waals surface area contributed by atoms with Crippen LogP contribution in [0.5, 0.6) is 57.5 Å². The molecule has 0 bridgehead atoms. The van der Waals surface area contributed by atoms with Crippen molar-refractivity contribution in [3.63, 3.8) is 0 Å². The van der Waals surface area contributed by atoms with Gasteiger partial charge in [-0.05, 0) is 159 Å². The fraction of sp³-hybridized carbons (Fsp3) is 0.0816. The van der Waals surface area contributed by atoms with E-state index in [-0.39, 0.29) is 207 Å². The van der Waals surface area contributed by atoms with Gasteiger partial charge in [-0.3, -0.25) is 49.8 Å². The average molecular weight is 1830 g/mol. The minimum absolute atomic E-state index is 0. The van der Waals surface area contributed by atoms with E-state index in [0.29, 0.717) is 99.7 Å². The number of nitrogens with zero attached hydrogens (tertiary/aromatic N) is 10. The molecule has 0 aliphatic heterocycles. The third-order valence-electron chi connectivity index (χ3n) is 21.0. The first-order valence-electron chi connectivity index (χ1n) is 37.8. The molecule has 0 fully saturated rings. The van der Waals surface area contributed by atoms with Gasteiger partial charge in [0.25, 0.3) is 0 Å². The van der Waals surface area contributed by atoms with Crippen molar-refractivity contribution >= 4 is 109 Å². The van der Waals surface area contributed by atoms with Gasteiger partial charge in [-0.2, -0.15) is 0 Å². The van der Waals surface area contributed by atoms with Crippen LogP contribution < -0.4 is 110 Å². The van der Waals surface area contributed by atoms with Crippen LogP contribution in [0.15, 0.2) is 317 Å². The molecule has 10 aromatic heterocycles. The van der Waals surface area contributed by atoms with Gasteiger partial charge in [-0.25, -0.2) is 0 Å². The van der Waals surface area contributed by atoms with Crippen LogP contribution in [0.3, 0.4) is 0 Å². The fourth-order valence-electron chi connectivity index (χ4n) is 14.6. The molecule has 0 aliphatic carbocycles. The Hall–Kier alpha value is -11.7. The maximum absolute atomic E-state index is 12.7. The van der Waals surface area contributed by atoms with Gasteiger partial charge in [0.15, 0.2) is 0 Å². The molecule has 0 aliphatic rings. The van der Waals surface area contributed by atoms with Crippen molar-refractivity contribution in [1.82, 2.24) is 49.8 Å². The topological polar surface area (TPSA) is 359 Å². The van der Waals surface area contributed by atoms with Crippen LogP contribution >= 0.6 is 0 Å². The summed E-state index contributed by atoms with van der Waals surface area (Å²) in [5.41, 5.74) is 9.23. The molecular formula is C98H68Co4N10Na2O10. The molecular weight excluding hydrogens is 1760 g/mol. The van der Waals surface area contributed by atoms with Crippen LogP contribution in [0.25, 0.3) is 109 Å². The van der Waals surface area contributed by atoms with Gasteiger partial charge in [0.2, 0.25) is 0 Å². The summed E-state index contributed by atoms with van der Waals surface area (Å²) >= 11 is 0. The van der Waals surface area contributed by atoms with Crippen molar-refractivity contribution in [2.45, 2.75) is 51.4 Å². The maximum atomic E-state index is 12.7.